The SMILES string of the molecule is CCOC(=O)c1sc2nc(C)nc(N3CCO[C@@H](C)C3)c2c1C. The predicted molar refractivity (Wildman–Crippen MR) is 90.5 cm³/mol. The van der Waals surface area contributed by atoms with Crippen molar-refractivity contribution in [2.75, 3.05) is 31.2 Å². The van der Waals surface area contributed by atoms with Gasteiger partial charge in [-0.05, 0) is 33.3 Å². The lowest BCUT2D eigenvalue weighted by atomic mass is 10.1. The summed E-state index contributed by atoms with van der Waals surface area (Å²) in [6.07, 6.45) is 0.164. The lowest BCUT2D eigenvalue weighted by molar-refractivity contribution is 0.0525. The molecule has 1 aliphatic heterocycles. The van der Waals surface area contributed by atoms with Gasteiger partial charge in [-0.1, -0.05) is 0 Å². The summed E-state index contributed by atoms with van der Waals surface area (Å²) >= 11 is 1.38. The molecule has 0 unspecified atom stereocenters. The molecular weight excluding hydrogens is 314 g/mol. The Labute approximate surface area is 139 Å². The second kappa shape index (κ2) is 6.41. The van der Waals surface area contributed by atoms with E-state index in [9.17, 15) is 4.79 Å². The number of morpholine rings is 1. The lowest BCUT2D eigenvalue weighted by Gasteiger charge is -2.32. The summed E-state index contributed by atoms with van der Waals surface area (Å²) in [4.78, 5) is 25.0. The van der Waals surface area contributed by atoms with Crippen molar-refractivity contribution in [3.8, 4) is 0 Å². The molecule has 6 nitrogen and oxygen atoms in total. The minimum Gasteiger partial charge on any atom is -0.462 e. The topological polar surface area (TPSA) is 64.5 Å². The van der Waals surface area contributed by atoms with E-state index >= 15 is 0 Å². The van der Waals surface area contributed by atoms with Crippen LogP contribution in [0.5, 0.6) is 0 Å². The van der Waals surface area contributed by atoms with Gasteiger partial charge in [0.25, 0.3) is 0 Å². The number of esters is 1. The molecule has 7 heteroatoms. The van der Waals surface area contributed by atoms with Gasteiger partial charge in [0.2, 0.25) is 0 Å². The quantitative estimate of drug-likeness (QED) is 0.804. The normalized spacial score (nSPS) is 18.4. The Balaban J connectivity index is 2.12. The third-order valence-corrected chi connectivity index (χ3v) is 5.05. The van der Waals surface area contributed by atoms with Crippen LogP contribution in [0.2, 0.25) is 0 Å². The fourth-order valence-electron chi connectivity index (χ4n) is 2.85. The first-order valence-electron chi connectivity index (χ1n) is 7.82. The van der Waals surface area contributed by atoms with Crippen molar-refractivity contribution < 1.29 is 14.3 Å². The van der Waals surface area contributed by atoms with E-state index in [1.165, 1.54) is 11.3 Å². The molecule has 0 N–H and O–H groups in total. The number of carbonyl (C=O) groups is 1. The lowest BCUT2D eigenvalue weighted by Crippen LogP contribution is -2.41. The van der Waals surface area contributed by atoms with Crippen LogP contribution in [0.3, 0.4) is 0 Å². The van der Waals surface area contributed by atoms with Crippen LogP contribution in [-0.4, -0.2) is 48.3 Å². The molecule has 0 radical (unpaired) electrons. The molecule has 0 aliphatic carbocycles. The van der Waals surface area contributed by atoms with Crippen molar-refractivity contribution in [2.45, 2.75) is 33.8 Å². The van der Waals surface area contributed by atoms with E-state index in [-0.39, 0.29) is 12.1 Å². The van der Waals surface area contributed by atoms with Gasteiger partial charge in [0.15, 0.2) is 0 Å². The van der Waals surface area contributed by atoms with Gasteiger partial charge < -0.3 is 14.4 Å². The number of aryl methyl sites for hydroxylation is 2. The summed E-state index contributed by atoms with van der Waals surface area (Å²) in [5.74, 6) is 1.32. The summed E-state index contributed by atoms with van der Waals surface area (Å²) < 4.78 is 10.8. The summed E-state index contributed by atoms with van der Waals surface area (Å²) in [5.41, 5.74) is 0.901. The molecule has 0 bridgehead atoms. The van der Waals surface area contributed by atoms with Crippen LogP contribution in [0.25, 0.3) is 10.2 Å². The molecule has 2 aromatic heterocycles. The monoisotopic (exact) mass is 335 g/mol. The molecule has 124 valence electrons. The summed E-state index contributed by atoms with van der Waals surface area (Å²) in [5, 5.41) is 0.956. The number of thiophene rings is 1. The Bertz CT molecular complexity index is 744. The standard InChI is InChI=1S/C16H21N3O3S/c1-5-21-16(20)13-10(3)12-14(17-11(4)18-15(12)23-13)19-6-7-22-9(2)8-19/h9H,5-8H2,1-4H3/t9-/m0/s1. The third kappa shape index (κ3) is 3.03. The van der Waals surface area contributed by atoms with Crippen molar-refractivity contribution in [3.05, 3.63) is 16.3 Å². The second-order valence-corrected chi connectivity index (χ2v) is 6.68. The average Bonchev–Trinajstić information content (AvgIpc) is 2.83. The van der Waals surface area contributed by atoms with E-state index in [0.717, 1.165) is 34.7 Å². The number of fused-ring (bicyclic) bond motifs is 1. The maximum Gasteiger partial charge on any atom is 0.348 e. The van der Waals surface area contributed by atoms with Gasteiger partial charge in [-0.2, -0.15) is 0 Å². The molecule has 1 atom stereocenters. The zero-order valence-electron chi connectivity index (χ0n) is 13.9. The van der Waals surface area contributed by atoms with Crippen molar-refractivity contribution in [3.63, 3.8) is 0 Å². The number of rotatable bonds is 3. The van der Waals surface area contributed by atoms with Gasteiger partial charge in [0.05, 0.1) is 24.7 Å². The Kier molecular flexibility index (Phi) is 4.50. The van der Waals surface area contributed by atoms with E-state index in [2.05, 4.69) is 21.8 Å². The van der Waals surface area contributed by atoms with E-state index in [1.54, 1.807) is 0 Å². The fourth-order valence-corrected chi connectivity index (χ4v) is 3.97. The van der Waals surface area contributed by atoms with Crippen molar-refractivity contribution in [1.82, 2.24) is 9.97 Å². The number of nitrogens with zero attached hydrogens (tertiary/aromatic N) is 3. The summed E-state index contributed by atoms with van der Waals surface area (Å²) in [7, 11) is 0. The number of ether oxygens (including phenoxy) is 2. The minimum absolute atomic E-state index is 0.164. The van der Waals surface area contributed by atoms with Gasteiger partial charge in [-0.15, -0.1) is 11.3 Å². The Morgan fingerprint density at radius 2 is 2.22 bits per heavy atom. The molecule has 23 heavy (non-hydrogen) atoms. The smallest absolute Gasteiger partial charge is 0.348 e. The zero-order valence-corrected chi connectivity index (χ0v) is 14.7. The van der Waals surface area contributed by atoms with Crippen molar-refractivity contribution in [1.29, 1.82) is 0 Å². The van der Waals surface area contributed by atoms with Crippen LogP contribution < -0.4 is 4.90 Å². The number of hydrogen-bond acceptors (Lipinski definition) is 7. The van der Waals surface area contributed by atoms with Crippen molar-refractivity contribution in [2.24, 2.45) is 0 Å². The molecule has 0 amide bonds. The Morgan fingerprint density at radius 1 is 1.43 bits per heavy atom. The Hall–Kier alpha value is -1.73. The molecule has 0 saturated carbocycles. The van der Waals surface area contributed by atoms with Gasteiger partial charge >= 0.3 is 5.97 Å². The molecule has 1 fully saturated rings. The molecule has 3 rings (SSSR count). The van der Waals surface area contributed by atoms with Crippen LogP contribution in [-0.2, 0) is 9.47 Å². The average molecular weight is 335 g/mol. The highest BCUT2D eigenvalue weighted by atomic mass is 32.1. The molecule has 0 aromatic carbocycles. The van der Waals surface area contributed by atoms with Crippen LogP contribution in [0.1, 0.15) is 34.9 Å². The van der Waals surface area contributed by atoms with Gasteiger partial charge in [-0.3, -0.25) is 0 Å². The van der Waals surface area contributed by atoms with Crippen LogP contribution in [0, 0.1) is 13.8 Å². The number of anilines is 1. The van der Waals surface area contributed by atoms with E-state index in [0.29, 0.717) is 23.9 Å². The van der Waals surface area contributed by atoms with Gasteiger partial charge in [0.1, 0.15) is 21.3 Å². The zero-order chi connectivity index (χ0) is 16.6. The molecule has 3 heterocycles. The van der Waals surface area contributed by atoms with Crippen LogP contribution >= 0.6 is 11.3 Å². The summed E-state index contributed by atoms with van der Waals surface area (Å²) in [6.45, 7) is 10.3. The van der Waals surface area contributed by atoms with Crippen LogP contribution in [0.15, 0.2) is 0 Å². The number of hydrogen-bond donors (Lipinski definition) is 0. The first kappa shape index (κ1) is 16.1. The maximum absolute atomic E-state index is 12.2. The number of carbonyl (C=O) groups excluding carboxylic acids is 1. The minimum atomic E-state index is -0.285. The largest absolute Gasteiger partial charge is 0.462 e. The first-order chi connectivity index (χ1) is 11.0. The van der Waals surface area contributed by atoms with Crippen molar-refractivity contribution >= 4 is 33.3 Å². The fraction of sp³-hybridized carbons (Fsp3) is 0.562. The first-order valence-corrected chi connectivity index (χ1v) is 8.64. The summed E-state index contributed by atoms with van der Waals surface area (Å²) in [6, 6.07) is 0. The Morgan fingerprint density at radius 3 is 2.91 bits per heavy atom. The van der Waals surface area contributed by atoms with Gasteiger partial charge in [-0.25, -0.2) is 14.8 Å². The maximum atomic E-state index is 12.2. The second-order valence-electron chi connectivity index (χ2n) is 5.68. The number of aromatic nitrogens is 2. The molecule has 1 saturated heterocycles. The third-order valence-electron chi connectivity index (χ3n) is 3.88. The highest BCUT2D eigenvalue weighted by Crippen LogP contribution is 2.36. The van der Waals surface area contributed by atoms with E-state index in [1.807, 2.05) is 20.8 Å². The van der Waals surface area contributed by atoms with E-state index < -0.39 is 0 Å². The van der Waals surface area contributed by atoms with Gasteiger partial charge in [0, 0.05) is 13.1 Å². The molecule has 2 aromatic rings. The molecule has 1 aliphatic rings. The predicted octanol–water partition coefficient (Wildman–Crippen LogP) is 2.71. The van der Waals surface area contributed by atoms with Crippen LogP contribution in [0.4, 0.5) is 5.82 Å². The van der Waals surface area contributed by atoms with E-state index in [4.69, 9.17) is 9.47 Å². The molecule has 0 spiro atoms. The molecular formula is C16H21N3O3S. The highest BCUT2D eigenvalue weighted by molar-refractivity contribution is 7.20. The highest BCUT2D eigenvalue weighted by Gasteiger charge is 2.25.